The van der Waals surface area contributed by atoms with E-state index in [2.05, 4.69) is 19.2 Å². The van der Waals surface area contributed by atoms with E-state index >= 15 is 0 Å². The van der Waals surface area contributed by atoms with E-state index in [4.69, 9.17) is 14.6 Å². The maximum atomic E-state index is 12.3. The summed E-state index contributed by atoms with van der Waals surface area (Å²) < 4.78 is 10.4. The molecule has 1 aromatic rings. The van der Waals surface area contributed by atoms with Crippen LogP contribution in [0.3, 0.4) is 0 Å². The minimum Gasteiger partial charge on any atom is -0.493 e. The second-order valence-corrected chi connectivity index (χ2v) is 5.82. The van der Waals surface area contributed by atoms with Gasteiger partial charge >= 0.3 is 5.97 Å². The number of carboxylic acids is 1. The maximum absolute atomic E-state index is 12.3. The van der Waals surface area contributed by atoms with E-state index in [1.165, 1.54) is 26.4 Å². The molecule has 2 N–H and O–H groups in total. The Kier molecular flexibility index (Phi) is 4.30. The zero-order chi connectivity index (χ0) is 16.5. The molecule has 0 radical (unpaired) electrons. The highest BCUT2D eigenvalue weighted by Gasteiger charge is 2.53. The van der Waals surface area contributed by atoms with Crippen LogP contribution in [0.1, 0.15) is 37.0 Å². The van der Waals surface area contributed by atoms with Gasteiger partial charge in [0.1, 0.15) is 0 Å². The van der Waals surface area contributed by atoms with Crippen molar-refractivity contribution in [2.75, 3.05) is 19.5 Å². The van der Waals surface area contributed by atoms with Gasteiger partial charge in [0.05, 0.1) is 25.5 Å². The number of ether oxygens (including phenoxy) is 2. The first kappa shape index (κ1) is 16.1. The highest BCUT2D eigenvalue weighted by Crippen LogP contribution is 2.55. The molecule has 0 spiro atoms. The number of carbonyl (C=O) groups is 2. The van der Waals surface area contributed by atoms with Gasteiger partial charge in [-0.2, -0.15) is 0 Å². The number of carbonyl (C=O) groups excluding carboxylic acids is 1. The summed E-state index contributed by atoms with van der Waals surface area (Å²) in [6.07, 6.45) is 1.77. The van der Waals surface area contributed by atoms with E-state index < -0.39 is 5.97 Å². The third-order valence-electron chi connectivity index (χ3n) is 4.46. The predicted octanol–water partition coefficient (Wildman–Crippen LogP) is 2.78. The fraction of sp³-hybridized carbons (Fsp3) is 0.500. The minimum absolute atomic E-state index is 0.0296. The minimum atomic E-state index is -1.10. The van der Waals surface area contributed by atoms with Crippen LogP contribution in [0, 0.1) is 11.3 Å². The Morgan fingerprint density at radius 2 is 2.05 bits per heavy atom. The molecule has 1 fully saturated rings. The first-order chi connectivity index (χ1) is 10.4. The van der Waals surface area contributed by atoms with Gasteiger partial charge in [0, 0.05) is 5.92 Å². The molecule has 0 heterocycles. The van der Waals surface area contributed by atoms with E-state index in [9.17, 15) is 9.59 Å². The van der Waals surface area contributed by atoms with Crippen molar-refractivity contribution in [3.05, 3.63) is 17.7 Å². The molecule has 1 aliphatic rings. The fourth-order valence-corrected chi connectivity index (χ4v) is 2.61. The Hall–Kier alpha value is -2.24. The molecule has 0 aromatic heterocycles. The van der Waals surface area contributed by atoms with Crippen LogP contribution in [0.25, 0.3) is 0 Å². The number of hydrogen-bond donors (Lipinski definition) is 2. The van der Waals surface area contributed by atoms with Crippen molar-refractivity contribution < 1.29 is 24.2 Å². The summed E-state index contributed by atoms with van der Waals surface area (Å²) in [5.41, 5.74) is 0.378. The second kappa shape index (κ2) is 5.87. The number of hydrogen-bond acceptors (Lipinski definition) is 4. The summed E-state index contributed by atoms with van der Waals surface area (Å²) in [5.74, 6) is -0.679. The first-order valence-electron chi connectivity index (χ1n) is 7.16. The Morgan fingerprint density at radius 1 is 1.36 bits per heavy atom. The number of benzene rings is 1. The molecule has 2 unspecified atom stereocenters. The number of aromatic carboxylic acids is 1. The van der Waals surface area contributed by atoms with Gasteiger partial charge < -0.3 is 19.9 Å². The summed E-state index contributed by atoms with van der Waals surface area (Å²) in [4.78, 5) is 23.5. The monoisotopic (exact) mass is 307 g/mol. The van der Waals surface area contributed by atoms with Crippen LogP contribution in [-0.2, 0) is 4.79 Å². The maximum Gasteiger partial charge on any atom is 0.335 e. The van der Waals surface area contributed by atoms with Crippen molar-refractivity contribution in [3.8, 4) is 11.5 Å². The topological polar surface area (TPSA) is 84.9 Å². The summed E-state index contributed by atoms with van der Waals surface area (Å²) in [6.45, 7) is 4.13. The molecular formula is C16H21NO5. The van der Waals surface area contributed by atoms with Gasteiger partial charge in [-0.05, 0) is 30.4 Å². The van der Waals surface area contributed by atoms with Gasteiger partial charge in [-0.3, -0.25) is 4.79 Å². The Labute approximate surface area is 129 Å². The molecule has 0 saturated heterocycles. The van der Waals surface area contributed by atoms with Gasteiger partial charge in [-0.1, -0.05) is 13.8 Å². The SMILES string of the molecule is CCC1(C)CC1C(=O)Nc1cc(C(=O)O)cc(OC)c1OC. The predicted molar refractivity (Wildman–Crippen MR) is 81.6 cm³/mol. The van der Waals surface area contributed by atoms with E-state index in [1.807, 2.05) is 0 Å². The molecule has 6 nitrogen and oxygen atoms in total. The van der Waals surface area contributed by atoms with Crippen LogP contribution in [0.2, 0.25) is 0 Å². The Morgan fingerprint density at radius 3 is 2.50 bits per heavy atom. The lowest BCUT2D eigenvalue weighted by molar-refractivity contribution is -0.118. The molecule has 22 heavy (non-hydrogen) atoms. The van der Waals surface area contributed by atoms with Gasteiger partial charge in [-0.15, -0.1) is 0 Å². The van der Waals surface area contributed by atoms with Crippen LogP contribution >= 0.6 is 0 Å². The summed E-state index contributed by atoms with van der Waals surface area (Å²) >= 11 is 0. The van der Waals surface area contributed by atoms with Gasteiger partial charge in [0.15, 0.2) is 11.5 Å². The summed E-state index contributed by atoms with van der Waals surface area (Å²) in [5, 5.41) is 11.9. The Bertz CT molecular complexity index is 613. The summed E-state index contributed by atoms with van der Waals surface area (Å²) in [7, 11) is 2.87. The van der Waals surface area contributed by atoms with Crippen molar-refractivity contribution in [2.45, 2.75) is 26.7 Å². The molecule has 1 amide bonds. The number of carboxylic acid groups (broad SMARTS) is 1. The van der Waals surface area contributed by atoms with Crippen LogP contribution in [0.15, 0.2) is 12.1 Å². The van der Waals surface area contributed by atoms with E-state index in [0.29, 0.717) is 11.4 Å². The molecule has 0 aliphatic heterocycles. The quantitative estimate of drug-likeness (QED) is 0.844. The van der Waals surface area contributed by atoms with Crippen LogP contribution in [0.4, 0.5) is 5.69 Å². The van der Waals surface area contributed by atoms with E-state index in [0.717, 1.165) is 12.8 Å². The zero-order valence-electron chi connectivity index (χ0n) is 13.2. The van der Waals surface area contributed by atoms with Crippen molar-refractivity contribution in [3.63, 3.8) is 0 Å². The molecule has 120 valence electrons. The van der Waals surface area contributed by atoms with Crippen LogP contribution in [-0.4, -0.2) is 31.2 Å². The van der Waals surface area contributed by atoms with Crippen molar-refractivity contribution in [1.29, 1.82) is 0 Å². The molecule has 1 aromatic carbocycles. The van der Waals surface area contributed by atoms with Gasteiger partial charge in [0.2, 0.25) is 5.91 Å². The third kappa shape index (κ3) is 2.86. The normalized spacial score (nSPS) is 22.8. The number of methoxy groups -OCH3 is 2. The molecule has 2 rings (SSSR count). The largest absolute Gasteiger partial charge is 0.493 e. The number of rotatable bonds is 6. The molecule has 1 aliphatic carbocycles. The fourth-order valence-electron chi connectivity index (χ4n) is 2.61. The number of nitrogens with one attached hydrogen (secondary N) is 1. The lowest BCUT2D eigenvalue weighted by atomic mass is 10.0. The van der Waals surface area contributed by atoms with Crippen LogP contribution < -0.4 is 14.8 Å². The highest BCUT2D eigenvalue weighted by molar-refractivity contribution is 5.99. The smallest absolute Gasteiger partial charge is 0.335 e. The van der Waals surface area contributed by atoms with E-state index in [1.54, 1.807) is 0 Å². The van der Waals surface area contributed by atoms with Gasteiger partial charge in [-0.25, -0.2) is 4.79 Å². The molecule has 2 atom stereocenters. The zero-order valence-corrected chi connectivity index (χ0v) is 13.2. The first-order valence-corrected chi connectivity index (χ1v) is 7.16. The average Bonchev–Trinajstić information content (AvgIpc) is 3.19. The molecule has 1 saturated carbocycles. The molecular weight excluding hydrogens is 286 g/mol. The third-order valence-corrected chi connectivity index (χ3v) is 4.46. The van der Waals surface area contributed by atoms with Crippen molar-refractivity contribution >= 4 is 17.6 Å². The van der Waals surface area contributed by atoms with E-state index in [-0.39, 0.29) is 28.6 Å². The van der Waals surface area contributed by atoms with Crippen molar-refractivity contribution in [2.24, 2.45) is 11.3 Å². The molecule has 0 bridgehead atoms. The Balaban J connectivity index is 2.31. The standard InChI is InChI=1S/C16H21NO5/c1-5-16(2)8-10(16)14(18)17-11-6-9(15(19)20)7-12(21-3)13(11)22-4/h6-7,10H,5,8H2,1-4H3,(H,17,18)(H,19,20). The van der Waals surface area contributed by atoms with Crippen molar-refractivity contribution in [1.82, 2.24) is 0 Å². The molecule has 6 heteroatoms. The van der Waals surface area contributed by atoms with Gasteiger partial charge in [0.25, 0.3) is 0 Å². The number of anilines is 1. The summed E-state index contributed by atoms with van der Waals surface area (Å²) in [6, 6.07) is 2.75. The lowest BCUT2D eigenvalue weighted by Gasteiger charge is -2.15. The average molecular weight is 307 g/mol. The highest BCUT2D eigenvalue weighted by atomic mass is 16.5. The second-order valence-electron chi connectivity index (χ2n) is 5.82. The number of amides is 1. The lowest BCUT2D eigenvalue weighted by Crippen LogP contribution is -2.18. The van der Waals surface area contributed by atoms with Crippen LogP contribution in [0.5, 0.6) is 11.5 Å².